The summed E-state index contributed by atoms with van der Waals surface area (Å²) in [6.45, 7) is 5.78. The summed E-state index contributed by atoms with van der Waals surface area (Å²) < 4.78 is 31.4. The molecular weight excluding hydrogens is 466 g/mol. The number of aryl methyl sites for hydroxylation is 1. The van der Waals surface area contributed by atoms with E-state index in [0.29, 0.717) is 42.6 Å². The van der Waals surface area contributed by atoms with Crippen molar-refractivity contribution in [1.29, 1.82) is 0 Å². The molecule has 1 saturated heterocycles. The Morgan fingerprint density at radius 1 is 1.15 bits per heavy atom. The minimum atomic E-state index is -3.77. The lowest BCUT2D eigenvalue weighted by atomic mass is 10.1. The minimum absolute atomic E-state index is 0.0496. The van der Waals surface area contributed by atoms with E-state index in [9.17, 15) is 18.0 Å². The van der Waals surface area contributed by atoms with E-state index < -0.39 is 15.1 Å². The monoisotopic (exact) mass is 491 g/mol. The van der Waals surface area contributed by atoms with E-state index in [-0.39, 0.29) is 29.7 Å². The Morgan fingerprint density at radius 2 is 1.88 bits per heavy atom. The number of ether oxygens (including phenoxy) is 1. The van der Waals surface area contributed by atoms with Crippen LogP contribution in [-0.4, -0.2) is 63.2 Å². The molecule has 8 nitrogen and oxygen atoms in total. The quantitative estimate of drug-likeness (QED) is 0.691. The lowest BCUT2D eigenvalue weighted by Gasteiger charge is -2.37. The maximum atomic E-state index is 13.1. The highest BCUT2D eigenvalue weighted by Gasteiger charge is 2.30. The SMILES string of the molecule is Cc1ccc(Cl)cc1N1CCN(C(=O)C[C@@H](C)S(=O)(=O)c2ccc3c(c2)NC(=O)CO3)CC1. The third-order valence-electron chi connectivity index (χ3n) is 6.05. The van der Waals surface area contributed by atoms with Crippen molar-refractivity contribution in [3.63, 3.8) is 0 Å². The van der Waals surface area contributed by atoms with Gasteiger partial charge in [0.1, 0.15) is 5.75 Å². The van der Waals surface area contributed by atoms with Gasteiger partial charge in [-0.05, 0) is 49.7 Å². The second-order valence-electron chi connectivity index (χ2n) is 8.35. The summed E-state index contributed by atoms with van der Waals surface area (Å²) >= 11 is 6.14. The van der Waals surface area contributed by atoms with Gasteiger partial charge in [0.05, 0.1) is 15.8 Å². The molecule has 1 N–H and O–H groups in total. The van der Waals surface area contributed by atoms with Crippen molar-refractivity contribution in [3.8, 4) is 5.75 Å². The van der Waals surface area contributed by atoms with Crippen molar-refractivity contribution < 1.29 is 22.7 Å². The van der Waals surface area contributed by atoms with Crippen molar-refractivity contribution in [2.24, 2.45) is 0 Å². The molecule has 1 fully saturated rings. The smallest absolute Gasteiger partial charge is 0.262 e. The number of piperazine rings is 1. The first-order valence-electron chi connectivity index (χ1n) is 10.7. The number of benzene rings is 2. The zero-order chi connectivity index (χ0) is 23.8. The van der Waals surface area contributed by atoms with E-state index in [1.807, 2.05) is 25.1 Å². The summed E-state index contributed by atoms with van der Waals surface area (Å²) in [6, 6.07) is 10.1. The number of halogens is 1. The largest absolute Gasteiger partial charge is 0.482 e. The predicted molar refractivity (Wildman–Crippen MR) is 127 cm³/mol. The molecule has 2 heterocycles. The molecule has 0 radical (unpaired) electrons. The first-order valence-corrected chi connectivity index (χ1v) is 12.7. The highest BCUT2D eigenvalue weighted by atomic mass is 35.5. The van der Waals surface area contributed by atoms with Crippen molar-refractivity contribution in [3.05, 3.63) is 47.0 Å². The fraction of sp³-hybridized carbons (Fsp3) is 0.391. The number of carbonyl (C=O) groups excluding carboxylic acids is 2. The third-order valence-corrected chi connectivity index (χ3v) is 8.42. The Bertz CT molecular complexity index is 1190. The normalized spacial score (nSPS) is 17.1. The lowest BCUT2D eigenvalue weighted by molar-refractivity contribution is -0.131. The van der Waals surface area contributed by atoms with Crippen LogP contribution < -0.4 is 15.0 Å². The van der Waals surface area contributed by atoms with Gasteiger partial charge in [0.25, 0.3) is 5.91 Å². The topological polar surface area (TPSA) is 96.0 Å². The molecule has 10 heteroatoms. The van der Waals surface area contributed by atoms with Crippen molar-refractivity contribution >= 4 is 44.6 Å². The zero-order valence-electron chi connectivity index (χ0n) is 18.5. The fourth-order valence-corrected chi connectivity index (χ4v) is 5.61. The molecule has 0 saturated carbocycles. The number of fused-ring (bicyclic) bond motifs is 1. The van der Waals surface area contributed by atoms with Crippen molar-refractivity contribution in [2.45, 2.75) is 30.4 Å². The number of amides is 2. The number of rotatable bonds is 5. The van der Waals surface area contributed by atoms with Gasteiger partial charge >= 0.3 is 0 Å². The average Bonchev–Trinajstić information content (AvgIpc) is 2.80. The molecule has 1 atom stereocenters. The van der Waals surface area contributed by atoms with Crippen LogP contribution in [0.3, 0.4) is 0 Å². The van der Waals surface area contributed by atoms with E-state index in [4.69, 9.17) is 16.3 Å². The predicted octanol–water partition coefficient (Wildman–Crippen LogP) is 2.88. The molecule has 0 spiro atoms. The van der Waals surface area contributed by atoms with Gasteiger partial charge in [-0.25, -0.2) is 8.42 Å². The van der Waals surface area contributed by atoms with E-state index in [2.05, 4.69) is 10.2 Å². The molecule has 2 amide bonds. The maximum absolute atomic E-state index is 13.1. The van der Waals surface area contributed by atoms with Crippen LogP contribution in [0.25, 0.3) is 0 Å². The minimum Gasteiger partial charge on any atom is -0.482 e. The Kier molecular flexibility index (Phi) is 6.54. The van der Waals surface area contributed by atoms with Crippen LogP contribution in [0.5, 0.6) is 5.75 Å². The number of hydrogen-bond acceptors (Lipinski definition) is 6. The van der Waals surface area contributed by atoms with Crippen LogP contribution in [0.1, 0.15) is 18.9 Å². The Balaban J connectivity index is 1.39. The van der Waals surface area contributed by atoms with Crippen LogP contribution in [0.4, 0.5) is 11.4 Å². The van der Waals surface area contributed by atoms with Crippen LogP contribution in [-0.2, 0) is 19.4 Å². The van der Waals surface area contributed by atoms with Gasteiger partial charge in [0.2, 0.25) is 5.91 Å². The van der Waals surface area contributed by atoms with Gasteiger partial charge < -0.3 is 19.9 Å². The highest BCUT2D eigenvalue weighted by molar-refractivity contribution is 7.92. The lowest BCUT2D eigenvalue weighted by Crippen LogP contribution is -2.49. The number of nitrogens with zero attached hydrogens (tertiary/aromatic N) is 2. The molecule has 2 aliphatic heterocycles. The van der Waals surface area contributed by atoms with Crippen LogP contribution >= 0.6 is 11.6 Å². The number of carbonyl (C=O) groups is 2. The van der Waals surface area contributed by atoms with Gasteiger partial charge in [0.15, 0.2) is 16.4 Å². The molecule has 0 aromatic heterocycles. The number of hydrogen-bond donors (Lipinski definition) is 1. The van der Waals surface area contributed by atoms with E-state index in [0.717, 1.165) is 11.3 Å². The first kappa shape index (κ1) is 23.4. The summed E-state index contributed by atoms with van der Waals surface area (Å²) in [5.74, 6) is -0.111. The molecule has 2 aromatic rings. The summed E-state index contributed by atoms with van der Waals surface area (Å²) in [4.78, 5) is 28.4. The second-order valence-corrected chi connectivity index (χ2v) is 11.2. The molecule has 0 unspecified atom stereocenters. The number of sulfone groups is 1. The summed E-state index contributed by atoms with van der Waals surface area (Å²) in [5.41, 5.74) is 2.48. The summed E-state index contributed by atoms with van der Waals surface area (Å²) in [5, 5.41) is 2.37. The second kappa shape index (κ2) is 9.23. The van der Waals surface area contributed by atoms with Gasteiger partial charge in [-0.3, -0.25) is 9.59 Å². The molecule has 2 aliphatic rings. The molecule has 0 aliphatic carbocycles. The van der Waals surface area contributed by atoms with Gasteiger partial charge in [0, 0.05) is 43.3 Å². The van der Waals surface area contributed by atoms with E-state index in [1.165, 1.54) is 25.1 Å². The molecular formula is C23H26ClN3O5S. The van der Waals surface area contributed by atoms with E-state index >= 15 is 0 Å². The van der Waals surface area contributed by atoms with Gasteiger partial charge in [-0.1, -0.05) is 17.7 Å². The van der Waals surface area contributed by atoms with Crippen molar-refractivity contribution in [2.75, 3.05) is 43.0 Å². The Morgan fingerprint density at radius 3 is 2.61 bits per heavy atom. The maximum Gasteiger partial charge on any atom is 0.262 e. The van der Waals surface area contributed by atoms with Gasteiger partial charge in [-0.2, -0.15) is 0 Å². The molecule has 176 valence electrons. The fourth-order valence-electron chi connectivity index (χ4n) is 4.08. The standard InChI is InChI=1S/C23H26ClN3O5S/c1-15-3-4-17(24)12-20(15)26-7-9-27(10-8-26)23(29)11-16(2)33(30,31)18-5-6-21-19(13-18)25-22(28)14-32-21/h3-6,12-13,16H,7-11,14H2,1-2H3,(H,25,28)/t16-/m1/s1. The van der Waals surface area contributed by atoms with Crippen molar-refractivity contribution in [1.82, 2.24) is 4.90 Å². The summed E-state index contributed by atoms with van der Waals surface area (Å²) in [7, 11) is -3.77. The first-order chi connectivity index (χ1) is 15.6. The Hall–Kier alpha value is -2.78. The summed E-state index contributed by atoms with van der Waals surface area (Å²) in [6.07, 6.45) is -0.113. The number of nitrogens with one attached hydrogen (secondary N) is 1. The Labute approximate surface area is 198 Å². The van der Waals surface area contributed by atoms with Gasteiger partial charge in [-0.15, -0.1) is 0 Å². The van der Waals surface area contributed by atoms with Crippen LogP contribution in [0.15, 0.2) is 41.3 Å². The van der Waals surface area contributed by atoms with E-state index in [1.54, 1.807) is 4.90 Å². The zero-order valence-corrected chi connectivity index (χ0v) is 20.1. The molecule has 33 heavy (non-hydrogen) atoms. The number of anilines is 2. The third kappa shape index (κ3) is 4.94. The molecule has 0 bridgehead atoms. The molecule has 2 aromatic carbocycles. The highest BCUT2D eigenvalue weighted by Crippen LogP contribution is 2.32. The van der Waals surface area contributed by atoms with Crippen LogP contribution in [0, 0.1) is 6.92 Å². The van der Waals surface area contributed by atoms with Crippen LogP contribution in [0.2, 0.25) is 5.02 Å². The molecule has 4 rings (SSSR count). The average molecular weight is 492 g/mol.